The quantitative estimate of drug-likeness (QED) is 0.308. The van der Waals surface area contributed by atoms with Gasteiger partial charge in [0.1, 0.15) is 0 Å². The van der Waals surface area contributed by atoms with Crippen molar-refractivity contribution < 1.29 is 4.79 Å². The van der Waals surface area contributed by atoms with Gasteiger partial charge in [0, 0.05) is 42.0 Å². The molecule has 1 atom stereocenters. The van der Waals surface area contributed by atoms with Crippen molar-refractivity contribution in [1.29, 1.82) is 0 Å². The molecule has 0 aliphatic carbocycles. The molecule has 0 unspecified atom stereocenters. The molecule has 4 rings (SSSR count). The lowest BCUT2D eigenvalue weighted by atomic mass is 10.00. The van der Waals surface area contributed by atoms with Gasteiger partial charge in [0.2, 0.25) is 11.1 Å². The first-order valence-electron chi connectivity index (χ1n) is 12.6. The molecule has 1 aliphatic rings. The Morgan fingerprint density at radius 2 is 2.06 bits per heavy atom. The average molecular weight is 515 g/mol. The number of nitrogens with one attached hydrogen (secondary N) is 1. The summed E-state index contributed by atoms with van der Waals surface area (Å²) in [5, 5.41) is 8.96. The molecule has 7 nitrogen and oxygen atoms in total. The van der Waals surface area contributed by atoms with E-state index in [1.165, 1.54) is 44.0 Å². The zero-order valence-electron chi connectivity index (χ0n) is 20.9. The SMILES string of the molecule is CC[C@@H]1CCCCN1CCCNC(=O)CSc1nc2nc(C)c(Cc3ccccc3Cl)c(C)n2n1. The number of likely N-dealkylation sites (tertiary alicyclic amines) is 1. The summed E-state index contributed by atoms with van der Waals surface area (Å²) in [5.41, 5.74) is 4.04. The van der Waals surface area contributed by atoms with E-state index in [1.807, 2.05) is 38.1 Å². The lowest BCUT2D eigenvalue weighted by Gasteiger charge is -2.35. The van der Waals surface area contributed by atoms with Gasteiger partial charge in [-0.25, -0.2) is 9.50 Å². The smallest absolute Gasteiger partial charge is 0.253 e. The molecule has 2 aromatic heterocycles. The molecule has 1 aliphatic heterocycles. The van der Waals surface area contributed by atoms with Crippen molar-refractivity contribution in [1.82, 2.24) is 29.8 Å². The van der Waals surface area contributed by atoms with Gasteiger partial charge in [0.15, 0.2) is 0 Å². The standard InChI is InChI=1S/C26H35ClN6OS/c1-4-21-11-7-8-14-32(21)15-9-13-28-24(34)17-35-26-30-25-29-18(2)22(19(3)33(25)31-26)16-20-10-5-6-12-23(20)27/h5-6,10,12,21H,4,7-9,11,13-17H2,1-3H3,(H,28,34)/t21-/m1/s1. The van der Waals surface area contributed by atoms with E-state index in [0.717, 1.165) is 40.5 Å². The number of thioether (sulfide) groups is 1. The highest BCUT2D eigenvalue weighted by Crippen LogP contribution is 2.24. The third-order valence-electron chi connectivity index (χ3n) is 6.85. The van der Waals surface area contributed by atoms with Crippen molar-refractivity contribution in [2.45, 2.75) is 70.5 Å². The summed E-state index contributed by atoms with van der Waals surface area (Å²) in [7, 11) is 0. The second-order valence-corrected chi connectivity index (χ2v) is 10.6. The number of fused-ring (bicyclic) bond motifs is 1. The molecular formula is C26H35ClN6OS. The fraction of sp³-hybridized carbons (Fsp3) is 0.538. The molecule has 1 N–H and O–H groups in total. The topological polar surface area (TPSA) is 75.4 Å². The third-order valence-corrected chi connectivity index (χ3v) is 8.06. The maximum atomic E-state index is 12.4. The summed E-state index contributed by atoms with van der Waals surface area (Å²) in [6.45, 7) is 9.23. The van der Waals surface area contributed by atoms with Crippen molar-refractivity contribution in [2.24, 2.45) is 0 Å². The van der Waals surface area contributed by atoms with Crippen LogP contribution in [0.3, 0.4) is 0 Å². The van der Waals surface area contributed by atoms with E-state index in [-0.39, 0.29) is 5.91 Å². The van der Waals surface area contributed by atoms with E-state index in [1.54, 1.807) is 4.52 Å². The molecule has 1 saturated heterocycles. The third kappa shape index (κ3) is 6.54. The number of hydrogen-bond donors (Lipinski definition) is 1. The lowest BCUT2D eigenvalue weighted by molar-refractivity contribution is -0.118. The van der Waals surface area contributed by atoms with Gasteiger partial charge in [-0.15, -0.1) is 5.10 Å². The number of benzene rings is 1. The Morgan fingerprint density at radius 1 is 1.23 bits per heavy atom. The van der Waals surface area contributed by atoms with Crippen molar-refractivity contribution in [3.05, 3.63) is 51.8 Å². The molecule has 0 spiro atoms. The van der Waals surface area contributed by atoms with Gasteiger partial charge >= 0.3 is 0 Å². The first kappa shape index (κ1) is 25.9. The fourth-order valence-corrected chi connectivity index (χ4v) is 5.70. The Bertz CT molecular complexity index is 1170. The van der Waals surface area contributed by atoms with Crippen LogP contribution < -0.4 is 5.32 Å². The highest BCUT2D eigenvalue weighted by Gasteiger charge is 2.20. The Morgan fingerprint density at radius 3 is 2.86 bits per heavy atom. The van der Waals surface area contributed by atoms with Crippen molar-refractivity contribution in [3.63, 3.8) is 0 Å². The number of rotatable bonds is 10. The molecule has 0 bridgehead atoms. The van der Waals surface area contributed by atoms with E-state index >= 15 is 0 Å². The predicted molar refractivity (Wildman–Crippen MR) is 142 cm³/mol. The van der Waals surface area contributed by atoms with E-state index < -0.39 is 0 Å². The fourth-order valence-electron chi connectivity index (χ4n) is 4.85. The van der Waals surface area contributed by atoms with Gasteiger partial charge in [0.25, 0.3) is 5.78 Å². The second kappa shape index (κ2) is 12.2. The van der Waals surface area contributed by atoms with Gasteiger partial charge in [-0.05, 0) is 63.3 Å². The van der Waals surface area contributed by atoms with Crippen LogP contribution in [0.5, 0.6) is 0 Å². The van der Waals surface area contributed by atoms with Crippen LogP contribution in [0.1, 0.15) is 61.5 Å². The lowest BCUT2D eigenvalue weighted by Crippen LogP contribution is -2.40. The summed E-state index contributed by atoms with van der Waals surface area (Å²) >= 11 is 7.72. The van der Waals surface area contributed by atoms with E-state index in [2.05, 4.69) is 32.2 Å². The molecule has 3 aromatic rings. The Kier molecular flexibility index (Phi) is 9.03. The minimum atomic E-state index is 0.0137. The number of carbonyl (C=O) groups is 1. The van der Waals surface area contributed by atoms with Crippen LogP contribution in [-0.4, -0.2) is 61.8 Å². The molecule has 0 radical (unpaired) electrons. The van der Waals surface area contributed by atoms with Crippen LogP contribution in [-0.2, 0) is 11.2 Å². The number of piperidine rings is 1. The number of amides is 1. The van der Waals surface area contributed by atoms with Crippen LogP contribution in [0, 0.1) is 13.8 Å². The Labute approximate surface area is 217 Å². The van der Waals surface area contributed by atoms with E-state index in [4.69, 9.17) is 11.6 Å². The molecule has 35 heavy (non-hydrogen) atoms. The summed E-state index contributed by atoms with van der Waals surface area (Å²) in [6, 6.07) is 8.56. The van der Waals surface area contributed by atoms with Gasteiger partial charge in [-0.1, -0.05) is 54.9 Å². The maximum absolute atomic E-state index is 12.4. The van der Waals surface area contributed by atoms with E-state index in [9.17, 15) is 4.79 Å². The first-order chi connectivity index (χ1) is 17.0. The van der Waals surface area contributed by atoms with Crippen LogP contribution in [0.4, 0.5) is 0 Å². The van der Waals surface area contributed by atoms with Crippen molar-refractivity contribution in [2.75, 3.05) is 25.4 Å². The van der Waals surface area contributed by atoms with Gasteiger partial charge in [-0.2, -0.15) is 4.98 Å². The van der Waals surface area contributed by atoms with Crippen molar-refractivity contribution in [3.8, 4) is 0 Å². The highest BCUT2D eigenvalue weighted by molar-refractivity contribution is 7.99. The monoisotopic (exact) mass is 514 g/mol. The number of carbonyl (C=O) groups excluding carboxylic acids is 1. The molecule has 1 amide bonds. The summed E-state index contributed by atoms with van der Waals surface area (Å²) in [4.78, 5) is 24.2. The number of aryl methyl sites for hydroxylation is 2. The molecular weight excluding hydrogens is 480 g/mol. The molecule has 3 heterocycles. The zero-order valence-corrected chi connectivity index (χ0v) is 22.5. The average Bonchev–Trinajstić information content (AvgIpc) is 3.27. The minimum Gasteiger partial charge on any atom is -0.355 e. The van der Waals surface area contributed by atoms with Crippen LogP contribution in [0.2, 0.25) is 5.02 Å². The van der Waals surface area contributed by atoms with Crippen LogP contribution in [0.15, 0.2) is 29.4 Å². The van der Waals surface area contributed by atoms with Gasteiger partial charge in [0.05, 0.1) is 5.75 Å². The van der Waals surface area contributed by atoms with Crippen LogP contribution in [0.25, 0.3) is 5.78 Å². The molecule has 1 fully saturated rings. The maximum Gasteiger partial charge on any atom is 0.253 e. The normalized spacial score (nSPS) is 16.6. The Hall–Kier alpha value is -2.16. The van der Waals surface area contributed by atoms with Gasteiger partial charge < -0.3 is 10.2 Å². The highest BCUT2D eigenvalue weighted by atomic mass is 35.5. The molecule has 1 aromatic carbocycles. The number of halogens is 1. The molecule has 188 valence electrons. The van der Waals surface area contributed by atoms with Gasteiger partial charge in [-0.3, -0.25) is 4.79 Å². The summed E-state index contributed by atoms with van der Waals surface area (Å²) < 4.78 is 1.77. The molecule has 0 saturated carbocycles. The molecule has 9 heteroatoms. The largest absolute Gasteiger partial charge is 0.355 e. The number of hydrogen-bond acceptors (Lipinski definition) is 6. The Balaban J connectivity index is 1.30. The number of aromatic nitrogens is 4. The summed E-state index contributed by atoms with van der Waals surface area (Å²) in [6.07, 6.45) is 6.82. The van der Waals surface area contributed by atoms with Crippen LogP contribution >= 0.6 is 23.4 Å². The second-order valence-electron chi connectivity index (χ2n) is 9.22. The zero-order chi connectivity index (χ0) is 24.8. The number of nitrogens with zero attached hydrogens (tertiary/aromatic N) is 5. The predicted octanol–water partition coefficient (Wildman–Crippen LogP) is 4.85. The summed E-state index contributed by atoms with van der Waals surface area (Å²) in [5.74, 6) is 0.862. The first-order valence-corrected chi connectivity index (χ1v) is 13.9. The minimum absolute atomic E-state index is 0.0137. The van der Waals surface area contributed by atoms with Crippen molar-refractivity contribution >= 4 is 35.0 Å². The van der Waals surface area contributed by atoms with E-state index in [0.29, 0.717) is 35.7 Å².